The summed E-state index contributed by atoms with van der Waals surface area (Å²) in [5, 5.41) is 0. The molecule has 6 heteroatoms. The molecule has 20 heavy (non-hydrogen) atoms. The first-order valence-electron chi connectivity index (χ1n) is 6.72. The molecule has 1 unspecified atom stereocenters. The molecule has 1 aliphatic heterocycles. The molecule has 1 fully saturated rings. The molecule has 2 rings (SSSR count). The lowest BCUT2D eigenvalue weighted by Gasteiger charge is -2.33. The third-order valence-corrected chi connectivity index (χ3v) is 5.28. The summed E-state index contributed by atoms with van der Waals surface area (Å²) in [6, 6.07) is 6.85. The van der Waals surface area contributed by atoms with Gasteiger partial charge in [-0.05, 0) is 43.9 Å². The van der Waals surface area contributed by atoms with Gasteiger partial charge in [0.05, 0.1) is 17.0 Å². The molecule has 1 heterocycles. The van der Waals surface area contributed by atoms with E-state index in [2.05, 4.69) is 4.72 Å². The first-order chi connectivity index (χ1) is 9.45. The van der Waals surface area contributed by atoms with E-state index in [1.807, 2.05) is 6.92 Å². The molecule has 0 amide bonds. The zero-order valence-electron chi connectivity index (χ0n) is 11.6. The molecule has 1 aliphatic rings. The van der Waals surface area contributed by atoms with Crippen molar-refractivity contribution in [3.63, 3.8) is 0 Å². The van der Waals surface area contributed by atoms with Crippen LogP contribution in [0.3, 0.4) is 0 Å². The van der Waals surface area contributed by atoms with E-state index in [1.165, 1.54) is 0 Å². The van der Waals surface area contributed by atoms with Crippen LogP contribution in [0.25, 0.3) is 0 Å². The maximum Gasteiger partial charge on any atom is 0.241 e. The molecule has 1 saturated heterocycles. The lowest BCUT2D eigenvalue weighted by Crippen LogP contribution is -2.51. The van der Waals surface area contributed by atoms with Crippen LogP contribution in [-0.2, 0) is 21.2 Å². The number of ether oxygens (including phenoxy) is 1. The van der Waals surface area contributed by atoms with Gasteiger partial charge in [0, 0.05) is 12.5 Å². The van der Waals surface area contributed by atoms with E-state index in [0.717, 1.165) is 24.8 Å². The molecule has 1 N–H and O–H groups in total. The minimum Gasteiger partial charge on any atom is -0.380 e. The second kappa shape index (κ2) is 6.43. The van der Waals surface area contributed by atoms with Gasteiger partial charge in [-0.3, -0.25) is 0 Å². The Kier molecular flexibility index (Phi) is 5.07. The molecule has 0 radical (unpaired) electrons. The van der Waals surface area contributed by atoms with Crippen LogP contribution >= 0.6 is 11.6 Å². The predicted molar refractivity (Wildman–Crippen MR) is 79.6 cm³/mol. The van der Waals surface area contributed by atoms with Crippen LogP contribution in [0.2, 0.25) is 0 Å². The Bertz CT molecular complexity index is 536. The minimum atomic E-state index is -3.51. The summed E-state index contributed by atoms with van der Waals surface area (Å²) in [6.45, 7) is 2.99. The third kappa shape index (κ3) is 3.95. The van der Waals surface area contributed by atoms with Crippen molar-refractivity contribution in [1.29, 1.82) is 0 Å². The molecule has 0 aliphatic carbocycles. The van der Waals surface area contributed by atoms with Crippen LogP contribution in [-0.4, -0.2) is 33.1 Å². The third-order valence-electron chi connectivity index (χ3n) is 3.44. The topological polar surface area (TPSA) is 55.4 Å². The minimum absolute atomic E-state index is 0.280. The smallest absolute Gasteiger partial charge is 0.241 e. The number of hydrogen-bond acceptors (Lipinski definition) is 3. The largest absolute Gasteiger partial charge is 0.380 e. The summed E-state index contributed by atoms with van der Waals surface area (Å²) in [7, 11) is -3.51. The number of aryl methyl sites for hydroxylation is 1. The number of hydrogen-bond donors (Lipinski definition) is 1. The van der Waals surface area contributed by atoms with Crippen molar-refractivity contribution in [2.24, 2.45) is 0 Å². The van der Waals surface area contributed by atoms with Gasteiger partial charge in [0.15, 0.2) is 0 Å². The van der Waals surface area contributed by atoms with Crippen molar-refractivity contribution in [1.82, 2.24) is 4.72 Å². The van der Waals surface area contributed by atoms with E-state index >= 15 is 0 Å². The number of rotatable bonds is 5. The summed E-state index contributed by atoms with van der Waals surface area (Å²) in [5.41, 5.74) is 0.512. The molecule has 112 valence electrons. The average molecular weight is 318 g/mol. The number of halogens is 1. The van der Waals surface area contributed by atoms with Crippen LogP contribution in [0.1, 0.15) is 25.3 Å². The Labute approximate surface area is 125 Å². The Hall–Kier alpha value is -0.620. The van der Waals surface area contributed by atoms with E-state index < -0.39 is 15.6 Å². The van der Waals surface area contributed by atoms with Crippen LogP contribution in [0, 0.1) is 0 Å². The Morgan fingerprint density at radius 1 is 1.35 bits per heavy atom. The van der Waals surface area contributed by atoms with Crippen LogP contribution in [0.5, 0.6) is 0 Å². The Morgan fingerprint density at radius 3 is 2.60 bits per heavy atom. The van der Waals surface area contributed by atoms with Gasteiger partial charge in [0.1, 0.15) is 0 Å². The fraction of sp³-hybridized carbons (Fsp3) is 0.571. The van der Waals surface area contributed by atoms with Gasteiger partial charge in [0.25, 0.3) is 0 Å². The first kappa shape index (κ1) is 15.8. The monoisotopic (exact) mass is 317 g/mol. The molecule has 0 spiro atoms. The number of nitrogens with one attached hydrogen (secondary N) is 1. The Balaban J connectivity index is 2.13. The highest BCUT2D eigenvalue weighted by Gasteiger charge is 2.32. The molecule has 0 saturated carbocycles. The SMILES string of the molecule is CC1(NS(=O)(=O)c2ccc(CCCl)cc2)CCCOC1. The van der Waals surface area contributed by atoms with Gasteiger partial charge in [0.2, 0.25) is 10.0 Å². The zero-order chi connectivity index (χ0) is 14.6. The van der Waals surface area contributed by atoms with E-state index in [4.69, 9.17) is 16.3 Å². The van der Waals surface area contributed by atoms with Crippen molar-refractivity contribution < 1.29 is 13.2 Å². The lowest BCUT2D eigenvalue weighted by atomic mass is 9.97. The summed E-state index contributed by atoms with van der Waals surface area (Å²) in [5.74, 6) is 0.528. The highest BCUT2D eigenvalue weighted by atomic mass is 35.5. The number of alkyl halides is 1. The molecule has 1 atom stereocenters. The second-order valence-corrected chi connectivity index (χ2v) is 7.47. The lowest BCUT2D eigenvalue weighted by molar-refractivity contribution is 0.0386. The van der Waals surface area contributed by atoms with E-state index in [-0.39, 0.29) is 4.90 Å². The summed E-state index contributed by atoms with van der Waals surface area (Å²) in [4.78, 5) is 0.280. The standard InChI is InChI=1S/C14H20ClNO3S/c1-14(8-2-10-19-11-14)16-20(17,18)13-5-3-12(4-6-13)7-9-15/h3-6,16H,2,7-11H2,1H3. The van der Waals surface area contributed by atoms with Crippen LogP contribution in [0.4, 0.5) is 0 Å². The average Bonchev–Trinajstić information content (AvgIpc) is 2.39. The fourth-order valence-corrected chi connectivity index (χ4v) is 3.98. The van der Waals surface area contributed by atoms with Gasteiger partial charge < -0.3 is 4.74 Å². The molecule has 1 aromatic carbocycles. The quantitative estimate of drug-likeness (QED) is 0.848. The van der Waals surface area contributed by atoms with Crippen LogP contribution in [0.15, 0.2) is 29.2 Å². The predicted octanol–water partition coefficient (Wildman–Crippen LogP) is 2.32. The van der Waals surface area contributed by atoms with Gasteiger partial charge in [-0.1, -0.05) is 12.1 Å². The summed E-state index contributed by atoms with van der Waals surface area (Å²) in [6.07, 6.45) is 2.39. The van der Waals surface area contributed by atoms with Crippen molar-refractivity contribution >= 4 is 21.6 Å². The van der Waals surface area contributed by atoms with Gasteiger partial charge in [-0.15, -0.1) is 11.6 Å². The maximum absolute atomic E-state index is 12.4. The first-order valence-corrected chi connectivity index (χ1v) is 8.74. The van der Waals surface area contributed by atoms with E-state index in [1.54, 1.807) is 24.3 Å². The normalized spacial score (nSPS) is 23.7. The fourth-order valence-electron chi connectivity index (χ4n) is 2.34. The zero-order valence-corrected chi connectivity index (χ0v) is 13.1. The highest BCUT2D eigenvalue weighted by Crippen LogP contribution is 2.22. The molecular weight excluding hydrogens is 298 g/mol. The summed E-state index contributed by atoms with van der Waals surface area (Å²) >= 11 is 5.67. The van der Waals surface area contributed by atoms with Crippen LogP contribution < -0.4 is 4.72 Å². The second-order valence-electron chi connectivity index (χ2n) is 5.41. The highest BCUT2D eigenvalue weighted by molar-refractivity contribution is 7.89. The van der Waals surface area contributed by atoms with E-state index in [9.17, 15) is 8.42 Å². The van der Waals surface area contributed by atoms with Crippen molar-refractivity contribution in [2.75, 3.05) is 19.1 Å². The molecule has 0 bridgehead atoms. The Morgan fingerprint density at radius 2 is 2.05 bits per heavy atom. The van der Waals surface area contributed by atoms with E-state index in [0.29, 0.717) is 19.1 Å². The van der Waals surface area contributed by atoms with Crippen molar-refractivity contribution in [3.8, 4) is 0 Å². The van der Waals surface area contributed by atoms with Crippen molar-refractivity contribution in [3.05, 3.63) is 29.8 Å². The maximum atomic E-state index is 12.4. The number of sulfonamides is 1. The van der Waals surface area contributed by atoms with Gasteiger partial charge in [-0.2, -0.15) is 0 Å². The molecular formula is C14H20ClNO3S. The molecule has 1 aromatic rings. The van der Waals surface area contributed by atoms with Gasteiger partial charge >= 0.3 is 0 Å². The molecule has 4 nitrogen and oxygen atoms in total. The summed E-state index contributed by atoms with van der Waals surface area (Å²) < 4.78 is 32.9. The van der Waals surface area contributed by atoms with Crippen molar-refractivity contribution in [2.45, 2.75) is 36.6 Å². The molecule has 0 aromatic heterocycles. The van der Waals surface area contributed by atoms with Gasteiger partial charge in [-0.25, -0.2) is 13.1 Å². The number of benzene rings is 1.